The van der Waals surface area contributed by atoms with E-state index in [9.17, 15) is 4.79 Å². The van der Waals surface area contributed by atoms with Crippen molar-refractivity contribution < 1.29 is 4.74 Å². The Morgan fingerprint density at radius 1 is 1.06 bits per heavy atom. The van der Waals surface area contributed by atoms with Gasteiger partial charge in [-0.15, -0.1) is 0 Å². The van der Waals surface area contributed by atoms with Crippen molar-refractivity contribution in [1.82, 2.24) is 19.9 Å². The minimum atomic E-state index is 0.0500. The van der Waals surface area contributed by atoms with E-state index in [2.05, 4.69) is 44.0 Å². The molecule has 2 aliphatic heterocycles. The average Bonchev–Trinajstić information content (AvgIpc) is 3.20. The molecular weight excluding hydrogens is 402 g/mol. The zero-order valence-corrected chi connectivity index (χ0v) is 18.3. The molecule has 7 nitrogen and oxygen atoms in total. The molecule has 32 heavy (non-hydrogen) atoms. The molecule has 1 N–H and O–H groups in total. The van der Waals surface area contributed by atoms with Gasteiger partial charge in [-0.1, -0.05) is 12.1 Å². The maximum atomic E-state index is 12.8. The first-order valence-corrected chi connectivity index (χ1v) is 11.7. The predicted molar refractivity (Wildman–Crippen MR) is 124 cm³/mol. The number of hydrogen-bond donors (Lipinski definition) is 1. The summed E-state index contributed by atoms with van der Waals surface area (Å²) in [5, 5.41) is 1.20. The number of piperidine rings is 1. The highest BCUT2D eigenvalue weighted by molar-refractivity contribution is 5.78. The Labute approximate surface area is 187 Å². The molecule has 0 bridgehead atoms. The summed E-state index contributed by atoms with van der Waals surface area (Å²) >= 11 is 0. The summed E-state index contributed by atoms with van der Waals surface area (Å²) in [4.78, 5) is 30.1. The summed E-state index contributed by atoms with van der Waals surface area (Å²) in [6.45, 7) is 5.96. The number of benzene rings is 1. The quantitative estimate of drug-likeness (QED) is 0.687. The van der Waals surface area contributed by atoms with Crippen LogP contribution in [0.3, 0.4) is 0 Å². The van der Waals surface area contributed by atoms with Crippen molar-refractivity contribution in [2.45, 2.75) is 37.6 Å². The number of ether oxygens (including phenoxy) is 1. The Hall–Kier alpha value is -2.77. The van der Waals surface area contributed by atoms with Gasteiger partial charge in [-0.3, -0.25) is 19.7 Å². The van der Waals surface area contributed by atoms with Gasteiger partial charge in [-0.05, 0) is 62.5 Å². The van der Waals surface area contributed by atoms with E-state index in [1.807, 2.05) is 12.3 Å². The summed E-state index contributed by atoms with van der Waals surface area (Å²) in [5.74, 6) is 0.727. The fourth-order valence-electron chi connectivity index (χ4n) is 5.67. The van der Waals surface area contributed by atoms with Crippen LogP contribution in [-0.2, 0) is 23.1 Å². The van der Waals surface area contributed by atoms with E-state index in [1.54, 1.807) is 0 Å². The lowest BCUT2D eigenvalue weighted by Crippen LogP contribution is -2.43. The average molecular weight is 432 g/mol. The van der Waals surface area contributed by atoms with Crippen molar-refractivity contribution in [1.29, 1.82) is 0 Å². The molecule has 3 aliphatic rings. The molecule has 1 aromatic carbocycles. The van der Waals surface area contributed by atoms with Crippen molar-refractivity contribution in [2.24, 2.45) is 0 Å². The molecule has 0 amide bonds. The van der Waals surface area contributed by atoms with Gasteiger partial charge < -0.3 is 9.64 Å². The number of nitrogens with one attached hydrogen (secondary N) is 1. The number of anilines is 1. The van der Waals surface area contributed by atoms with E-state index >= 15 is 0 Å². The summed E-state index contributed by atoms with van der Waals surface area (Å²) in [5.41, 5.74) is 4.47. The lowest BCUT2D eigenvalue weighted by atomic mass is 9.76. The topological polar surface area (TPSA) is 74.3 Å². The van der Waals surface area contributed by atoms with E-state index in [4.69, 9.17) is 9.72 Å². The maximum absolute atomic E-state index is 12.8. The highest BCUT2D eigenvalue weighted by Gasteiger charge is 2.44. The van der Waals surface area contributed by atoms with Gasteiger partial charge in [0.1, 0.15) is 0 Å². The Bertz CT molecular complexity index is 1190. The van der Waals surface area contributed by atoms with Gasteiger partial charge >= 0.3 is 0 Å². The van der Waals surface area contributed by atoms with Gasteiger partial charge in [-0.25, -0.2) is 4.98 Å². The molecule has 7 heteroatoms. The standard InChI is InChI=1S/C25H29N5O2/c31-23-20-5-6-25(22(20)27-24(28-23)30-12-14-32-15-13-30)7-10-29(11-8-25)17-18-3-4-21-19(16-18)2-1-9-26-21/h1-4,9,16H,5-8,10-15,17H2,(H,27,28,31). The molecule has 166 valence electrons. The fraction of sp³-hybridized carbons (Fsp3) is 0.480. The minimum Gasteiger partial charge on any atom is -0.378 e. The van der Waals surface area contributed by atoms with Gasteiger partial charge in [0.2, 0.25) is 5.95 Å². The Morgan fingerprint density at radius 2 is 1.91 bits per heavy atom. The van der Waals surface area contributed by atoms with Crippen LogP contribution in [0.25, 0.3) is 10.9 Å². The number of rotatable bonds is 3. The second-order valence-electron chi connectivity index (χ2n) is 9.40. The first-order valence-electron chi connectivity index (χ1n) is 11.7. The van der Waals surface area contributed by atoms with Crippen LogP contribution in [0.1, 0.15) is 36.1 Å². The number of aromatic nitrogens is 3. The van der Waals surface area contributed by atoms with Gasteiger partial charge in [0.15, 0.2) is 0 Å². The predicted octanol–water partition coefficient (Wildman–Crippen LogP) is 2.63. The van der Waals surface area contributed by atoms with Crippen LogP contribution in [0.15, 0.2) is 41.3 Å². The van der Waals surface area contributed by atoms with Gasteiger partial charge in [0.05, 0.1) is 24.4 Å². The SMILES string of the molecule is O=c1[nH]c(N2CCOCC2)nc2c1CCC21CCN(Cc2ccc3ncccc3c2)CC1. The van der Waals surface area contributed by atoms with Crippen molar-refractivity contribution in [3.8, 4) is 0 Å². The van der Waals surface area contributed by atoms with E-state index in [0.717, 1.165) is 81.1 Å². The summed E-state index contributed by atoms with van der Waals surface area (Å²) in [7, 11) is 0. The first-order chi connectivity index (χ1) is 15.7. The third-order valence-electron chi connectivity index (χ3n) is 7.56. The maximum Gasteiger partial charge on any atom is 0.255 e. The van der Waals surface area contributed by atoms with Crippen molar-refractivity contribution in [2.75, 3.05) is 44.3 Å². The number of H-pyrrole nitrogens is 1. The number of morpholine rings is 1. The monoisotopic (exact) mass is 431 g/mol. The number of aromatic amines is 1. The number of fused-ring (bicyclic) bond motifs is 3. The number of hydrogen-bond acceptors (Lipinski definition) is 6. The van der Waals surface area contributed by atoms with Crippen LogP contribution in [0.5, 0.6) is 0 Å². The molecule has 0 unspecified atom stereocenters. The van der Waals surface area contributed by atoms with Crippen LogP contribution in [0.2, 0.25) is 0 Å². The molecule has 4 heterocycles. The summed E-state index contributed by atoms with van der Waals surface area (Å²) in [6.07, 6.45) is 5.86. The molecule has 1 aliphatic carbocycles. The first kappa shape index (κ1) is 19.9. The third-order valence-corrected chi connectivity index (χ3v) is 7.56. The molecule has 2 aromatic heterocycles. The van der Waals surface area contributed by atoms with Crippen molar-refractivity contribution in [3.05, 3.63) is 63.7 Å². The Morgan fingerprint density at radius 3 is 2.75 bits per heavy atom. The van der Waals surface area contributed by atoms with Crippen LogP contribution < -0.4 is 10.5 Å². The summed E-state index contributed by atoms with van der Waals surface area (Å²) in [6, 6.07) is 10.7. The highest BCUT2D eigenvalue weighted by Crippen LogP contribution is 2.44. The molecule has 1 spiro atoms. The molecule has 2 fully saturated rings. The Balaban J connectivity index is 1.20. The number of pyridine rings is 1. The second kappa shape index (κ2) is 7.98. The van der Waals surface area contributed by atoms with Crippen LogP contribution in [0, 0.1) is 0 Å². The minimum absolute atomic E-state index is 0.0500. The fourth-order valence-corrected chi connectivity index (χ4v) is 5.67. The summed E-state index contributed by atoms with van der Waals surface area (Å²) < 4.78 is 5.47. The molecule has 0 atom stereocenters. The largest absolute Gasteiger partial charge is 0.378 e. The van der Waals surface area contributed by atoms with Crippen LogP contribution in [0.4, 0.5) is 5.95 Å². The van der Waals surface area contributed by atoms with E-state index < -0.39 is 0 Å². The van der Waals surface area contributed by atoms with Crippen LogP contribution in [-0.4, -0.2) is 59.2 Å². The van der Waals surface area contributed by atoms with Crippen LogP contribution >= 0.6 is 0 Å². The van der Waals surface area contributed by atoms with E-state index in [0.29, 0.717) is 13.2 Å². The highest BCUT2D eigenvalue weighted by atomic mass is 16.5. The van der Waals surface area contributed by atoms with Crippen molar-refractivity contribution in [3.63, 3.8) is 0 Å². The zero-order chi connectivity index (χ0) is 21.5. The molecule has 2 saturated heterocycles. The van der Waals surface area contributed by atoms with Gasteiger partial charge in [0.25, 0.3) is 5.56 Å². The number of likely N-dealkylation sites (tertiary alicyclic amines) is 1. The lowest BCUT2D eigenvalue weighted by Gasteiger charge is -2.39. The second-order valence-corrected chi connectivity index (χ2v) is 9.40. The Kier molecular flexibility index (Phi) is 4.96. The molecule has 0 radical (unpaired) electrons. The normalized spacial score (nSPS) is 20.7. The van der Waals surface area contributed by atoms with Gasteiger partial charge in [-0.2, -0.15) is 0 Å². The lowest BCUT2D eigenvalue weighted by molar-refractivity contribution is 0.122. The molecule has 6 rings (SSSR count). The van der Waals surface area contributed by atoms with E-state index in [1.165, 1.54) is 10.9 Å². The zero-order valence-electron chi connectivity index (χ0n) is 18.3. The van der Waals surface area contributed by atoms with Crippen molar-refractivity contribution >= 4 is 16.9 Å². The van der Waals surface area contributed by atoms with E-state index in [-0.39, 0.29) is 11.0 Å². The van der Waals surface area contributed by atoms with Gasteiger partial charge in [0, 0.05) is 42.2 Å². The molecule has 0 saturated carbocycles. The molecule has 3 aromatic rings. The molecular formula is C25H29N5O2. The number of nitrogens with zero attached hydrogens (tertiary/aromatic N) is 4. The smallest absolute Gasteiger partial charge is 0.255 e. The third kappa shape index (κ3) is 3.49.